The van der Waals surface area contributed by atoms with Gasteiger partial charge in [0.2, 0.25) is 5.91 Å². The lowest BCUT2D eigenvalue weighted by atomic mass is 10.1. The van der Waals surface area contributed by atoms with E-state index in [1.54, 1.807) is 29.3 Å². The van der Waals surface area contributed by atoms with Crippen molar-refractivity contribution in [2.75, 3.05) is 6.54 Å². The fraction of sp³-hybridized carbons (Fsp3) is 0.174. The van der Waals surface area contributed by atoms with Crippen molar-refractivity contribution in [2.45, 2.75) is 12.5 Å². The number of amides is 2. The van der Waals surface area contributed by atoms with Gasteiger partial charge in [-0.25, -0.2) is 4.98 Å². The molecule has 2 aromatic carbocycles. The molecule has 0 saturated heterocycles. The Labute approximate surface area is 179 Å². The van der Waals surface area contributed by atoms with Crippen molar-refractivity contribution < 1.29 is 9.59 Å². The third kappa shape index (κ3) is 3.74. The minimum atomic E-state index is -0.426. The quantitative estimate of drug-likeness (QED) is 0.659. The fourth-order valence-corrected chi connectivity index (χ4v) is 3.75. The van der Waals surface area contributed by atoms with Gasteiger partial charge in [-0.15, -0.1) is 0 Å². The second-order valence-corrected chi connectivity index (χ2v) is 7.58. The predicted molar refractivity (Wildman–Crippen MR) is 116 cm³/mol. The predicted octanol–water partition coefficient (Wildman–Crippen LogP) is 3.80. The van der Waals surface area contributed by atoms with Crippen LogP contribution in [0.4, 0.5) is 0 Å². The normalized spacial score (nSPS) is 14.0. The molecule has 1 atom stereocenters. The van der Waals surface area contributed by atoms with E-state index in [9.17, 15) is 9.59 Å². The molecular weight excluding hydrogens is 400 g/mol. The van der Waals surface area contributed by atoms with Gasteiger partial charge >= 0.3 is 0 Å². The van der Waals surface area contributed by atoms with E-state index in [2.05, 4.69) is 16.9 Å². The molecule has 0 saturated carbocycles. The number of nitrogens with zero attached hydrogens (tertiary/aromatic N) is 3. The topological polar surface area (TPSA) is 67.2 Å². The van der Waals surface area contributed by atoms with E-state index in [-0.39, 0.29) is 24.8 Å². The van der Waals surface area contributed by atoms with Gasteiger partial charge < -0.3 is 14.8 Å². The zero-order valence-electron chi connectivity index (χ0n) is 16.5. The smallest absolute Gasteiger partial charge is 0.258 e. The van der Waals surface area contributed by atoms with Crippen molar-refractivity contribution in [2.24, 2.45) is 7.05 Å². The van der Waals surface area contributed by atoms with Gasteiger partial charge in [0.1, 0.15) is 11.9 Å². The Morgan fingerprint density at radius 1 is 1.17 bits per heavy atom. The van der Waals surface area contributed by atoms with Gasteiger partial charge in [0.15, 0.2) is 0 Å². The maximum Gasteiger partial charge on any atom is 0.258 e. The van der Waals surface area contributed by atoms with Gasteiger partial charge in [0.25, 0.3) is 5.91 Å². The van der Waals surface area contributed by atoms with E-state index in [1.165, 1.54) is 0 Å². The molecule has 1 N–H and O–H groups in total. The molecule has 1 aliphatic rings. The molecule has 2 amide bonds. The molecule has 0 radical (unpaired) electrons. The molecule has 1 aliphatic heterocycles. The first-order chi connectivity index (χ1) is 14.5. The molecule has 0 bridgehead atoms. The molecule has 0 fully saturated rings. The van der Waals surface area contributed by atoms with Crippen molar-refractivity contribution in [3.05, 3.63) is 95.0 Å². The van der Waals surface area contributed by atoms with E-state index in [4.69, 9.17) is 11.6 Å². The average Bonchev–Trinajstić information content (AvgIpc) is 3.27. The van der Waals surface area contributed by atoms with Crippen LogP contribution in [0.1, 0.15) is 39.8 Å². The SMILES string of the molecule is C=C1c2ccccc2C(=O)N1CCC(=O)N[C@H](c1ccc(Cl)cc1)c1nccn1C. The van der Waals surface area contributed by atoms with Gasteiger partial charge in [-0.05, 0) is 23.8 Å². The minimum Gasteiger partial charge on any atom is -0.342 e. The van der Waals surface area contributed by atoms with E-state index in [0.29, 0.717) is 22.1 Å². The van der Waals surface area contributed by atoms with Gasteiger partial charge in [-0.2, -0.15) is 0 Å². The largest absolute Gasteiger partial charge is 0.342 e. The van der Waals surface area contributed by atoms with Crippen LogP contribution in [0, 0.1) is 0 Å². The molecule has 0 unspecified atom stereocenters. The molecule has 4 rings (SSSR count). The van der Waals surface area contributed by atoms with Crippen molar-refractivity contribution in [1.29, 1.82) is 0 Å². The highest BCUT2D eigenvalue weighted by Gasteiger charge is 2.31. The first kappa shape index (κ1) is 19.9. The first-order valence-electron chi connectivity index (χ1n) is 9.58. The Kier molecular flexibility index (Phi) is 5.42. The second-order valence-electron chi connectivity index (χ2n) is 7.15. The highest BCUT2D eigenvalue weighted by molar-refractivity contribution is 6.30. The van der Waals surface area contributed by atoms with Gasteiger partial charge in [0.05, 0.1) is 0 Å². The Bertz CT molecular complexity index is 1090. The van der Waals surface area contributed by atoms with Crippen LogP contribution in [0.15, 0.2) is 67.5 Å². The standard InChI is InChI=1S/C23H21ClN4O2/c1-15-18-5-3-4-6-19(18)23(30)28(15)13-11-20(29)26-21(22-25-12-14-27(22)2)16-7-9-17(24)10-8-16/h3-10,12,14,21H,1,11,13H2,2H3,(H,26,29)/t21-/m1/s1. The summed E-state index contributed by atoms with van der Waals surface area (Å²) in [6, 6.07) is 14.2. The summed E-state index contributed by atoms with van der Waals surface area (Å²) in [6.07, 6.45) is 3.66. The number of carbonyl (C=O) groups is 2. The van der Waals surface area contributed by atoms with Crippen molar-refractivity contribution in [3.8, 4) is 0 Å². The summed E-state index contributed by atoms with van der Waals surface area (Å²) in [5.41, 5.74) is 2.93. The van der Waals surface area contributed by atoms with Crippen LogP contribution in [-0.2, 0) is 11.8 Å². The number of hydrogen-bond donors (Lipinski definition) is 1. The van der Waals surface area contributed by atoms with Gasteiger partial charge in [-0.3, -0.25) is 9.59 Å². The summed E-state index contributed by atoms with van der Waals surface area (Å²) >= 11 is 6.01. The first-order valence-corrected chi connectivity index (χ1v) is 9.95. The molecule has 7 heteroatoms. The second kappa shape index (κ2) is 8.16. The molecule has 152 valence electrons. The Morgan fingerprint density at radius 2 is 1.87 bits per heavy atom. The number of aryl methyl sites for hydroxylation is 1. The number of rotatable bonds is 6. The van der Waals surface area contributed by atoms with E-state index in [1.807, 2.05) is 48.1 Å². The Balaban J connectivity index is 1.47. The summed E-state index contributed by atoms with van der Waals surface area (Å²) in [7, 11) is 1.88. The summed E-state index contributed by atoms with van der Waals surface area (Å²) in [5.74, 6) is 0.399. The van der Waals surface area contributed by atoms with Gasteiger partial charge in [-0.1, -0.05) is 48.5 Å². The molecular formula is C23H21ClN4O2. The van der Waals surface area contributed by atoms with Crippen LogP contribution >= 0.6 is 11.6 Å². The monoisotopic (exact) mass is 420 g/mol. The minimum absolute atomic E-state index is 0.123. The number of nitrogens with one attached hydrogen (secondary N) is 1. The number of aromatic nitrogens is 2. The highest BCUT2D eigenvalue weighted by Crippen LogP contribution is 2.31. The highest BCUT2D eigenvalue weighted by atomic mass is 35.5. The van der Waals surface area contributed by atoms with Crippen LogP contribution in [0.3, 0.4) is 0 Å². The zero-order valence-corrected chi connectivity index (χ0v) is 17.3. The Morgan fingerprint density at radius 3 is 2.50 bits per heavy atom. The summed E-state index contributed by atoms with van der Waals surface area (Å²) in [4.78, 5) is 31.4. The molecule has 0 spiro atoms. The lowest BCUT2D eigenvalue weighted by molar-refractivity contribution is -0.121. The van der Waals surface area contributed by atoms with E-state index in [0.717, 1.165) is 11.1 Å². The number of hydrogen-bond acceptors (Lipinski definition) is 3. The lowest BCUT2D eigenvalue weighted by Crippen LogP contribution is -2.34. The van der Waals surface area contributed by atoms with Crippen LogP contribution in [0.5, 0.6) is 0 Å². The molecule has 0 aliphatic carbocycles. The van der Waals surface area contributed by atoms with Crippen LogP contribution < -0.4 is 5.32 Å². The van der Waals surface area contributed by atoms with Crippen molar-refractivity contribution in [1.82, 2.24) is 19.8 Å². The number of halogens is 1. The van der Waals surface area contributed by atoms with Crippen LogP contribution in [0.2, 0.25) is 5.02 Å². The molecule has 3 aromatic rings. The third-order valence-corrected chi connectivity index (χ3v) is 5.48. The average molecular weight is 421 g/mol. The number of imidazole rings is 1. The van der Waals surface area contributed by atoms with Crippen molar-refractivity contribution in [3.63, 3.8) is 0 Å². The van der Waals surface area contributed by atoms with Gasteiger partial charge in [0, 0.05) is 54.3 Å². The third-order valence-electron chi connectivity index (χ3n) is 5.23. The summed E-state index contributed by atoms with van der Waals surface area (Å²) in [5, 5.41) is 3.66. The Hall–Kier alpha value is -3.38. The van der Waals surface area contributed by atoms with Crippen LogP contribution in [0.25, 0.3) is 5.70 Å². The molecule has 6 nitrogen and oxygen atoms in total. The van der Waals surface area contributed by atoms with Crippen LogP contribution in [-0.4, -0.2) is 32.8 Å². The number of benzene rings is 2. The maximum atomic E-state index is 12.8. The zero-order chi connectivity index (χ0) is 21.3. The fourth-order valence-electron chi connectivity index (χ4n) is 3.63. The van der Waals surface area contributed by atoms with E-state index < -0.39 is 6.04 Å². The molecule has 2 heterocycles. The summed E-state index contributed by atoms with van der Waals surface area (Å²) < 4.78 is 1.86. The van der Waals surface area contributed by atoms with E-state index >= 15 is 0 Å². The number of fused-ring (bicyclic) bond motifs is 1. The molecule has 30 heavy (non-hydrogen) atoms. The molecule has 1 aromatic heterocycles. The maximum absolute atomic E-state index is 12.8. The number of carbonyl (C=O) groups excluding carboxylic acids is 2. The van der Waals surface area contributed by atoms with Crippen molar-refractivity contribution >= 4 is 29.1 Å². The summed E-state index contributed by atoms with van der Waals surface area (Å²) in [6.45, 7) is 4.28. The lowest BCUT2D eigenvalue weighted by Gasteiger charge is -2.21.